The van der Waals surface area contributed by atoms with Crippen LogP contribution in [0.3, 0.4) is 0 Å². The lowest BCUT2D eigenvalue weighted by Gasteiger charge is -2.17. The number of methoxy groups -OCH3 is 1. The minimum atomic E-state index is -0.563. The Kier molecular flexibility index (Phi) is 5.30. The number of hydrogen-bond acceptors (Lipinski definition) is 4. The van der Waals surface area contributed by atoms with Gasteiger partial charge in [-0.1, -0.05) is 26.0 Å². The lowest BCUT2D eigenvalue weighted by Crippen LogP contribution is -2.13. The third-order valence-electron chi connectivity index (χ3n) is 3.69. The molecule has 0 N–H and O–H groups in total. The molecule has 0 amide bonds. The van der Waals surface area contributed by atoms with Crippen LogP contribution in [0.4, 0.5) is 4.39 Å². The molecule has 1 aromatic carbocycles. The van der Waals surface area contributed by atoms with Crippen molar-refractivity contribution in [3.8, 4) is 17.2 Å². The fraction of sp³-hybridized carbons (Fsp3) is 0.316. The number of esters is 1. The Labute approximate surface area is 140 Å². The molecular weight excluding hydrogens is 307 g/mol. The normalized spacial score (nSPS) is 10.5. The molecule has 0 saturated carbocycles. The number of benzene rings is 1. The molecule has 1 aromatic heterocycles. The van der Waals surface area contributed by atoms with Crippen molar-refractivity contribution in [2.24, 2.45) is 5.92 Å². The van der Waals surface area contributed by atoms with E-state index in [2.05, 4.69) is 11.1 Å². The number of carbonyl (C=O) groups is 1. The van der Waals surface area contributed by atoms with Crippen LogP contribution >= 0.6 is 0 Å². The molecule has 24 heavy (non-hydrogen) atoms. The van der Waals surface area contributed by atoms with Gasteiger partial charge < -0.3 is 4.74 Å². The third kappa shape index (κ3) is 3.43. The summed E-state index contributed by atoms with van der Waals surface area (Å²) in [6, 6.07) is 7.87. The van der Waals surface area contributed by atoms with E-state index in [1.165, 1.54) is 19.2 Å². The van der Waals surface area contributed by atoms with Crippen molar-refractivity contribution in [2.75, 3.05) is 7.11 Å². The van der Waals surface area contributed by atoms with Crippen LogP contribution in [0.25, 0.3) is 11.1 Å². The molecule has 0 aliphatic heterocycles. The molecule has 0 saturated heterocycles. The van der Waals surface area contributed by atoms with Gasteiger partial charge in [0.05, 0.1) is 29.6 Å². The number of halogens is 1. The fourth-order valence-electron chi connectivity index (χ4n) is 2.68. The van der Waals surface area contributed by atoms with Crippen molar-refractivity contribution in [2.45, 2.75) is 27.2 Å². The van der Waals surface area contributed by atoms with E-state index >= 15 is 0 Å². The van der Waals surface area contributed by atoms with Crippen LogP contribution < -0.4 is 0 Å². The van der Waals surface area contributed by atoms with Crippen molar-refractivity contribution in [3.63, 3.8) is 0 Å². The highest BCUT2D eigenvalue weighted by molar-refractivity contribution is 6.00. The smallest absolute Gasteiger partial charge is 0.340 e. The van der Waals surface area contributed by atoms with Gasteiger partial charge in [-0.15, -0.1) is 0 Å². The van der Waals surface area contributed by atoms with Gasteiger partial charge >= 0.3 is 5.97 Å². The van der Waals surface area contributed by atoms with E-state index in [9.17, 15) is 14.4 Å². The van der Waals surface area contributed by atoms with Crippen molar-refractivity contribution in [1.82, 2.24) is 4.98 Å². The van der Waals surface area contributed by atoms with Crippen molar-refractivity contribution in [3.05, 3.63) is 52.6 Å². The van der Waals surface area contributed by atoms with E-state index < -0.39 is 5.97 Å². The molecule has 0 bridgehead atoms. The van der Waals surface area contributed by atoms with Crippen LogP contribution in [0, 0.1) is 30.0 Å². The van der Waals surface area contributed by atoms with Gasteiger partial charge in [0.25, 0.3) is 0 Å². The number of pyridine rings is 1. The second-order valence-electron chi connectivity index (χ2n) is 5.98. The number of carbonyl (C=O) groups excluding carboxylic acids is 1. The first-order valence-electron chi connectivity index (χ1n) is 7.66. The van der Waals surface area contributed by atoms with Gasteiger partial charge in [-0.3, -0.25) is 4.98 Å². The highest BCUT2D eigenvalue weighted by atomic mass is 19.1. The average molecular weight is 326 g/mol. The van der Waals surface area contributed by atoms with E-state index in [4.69, 9.17) is 4.74 Å². The summed E-state index contributed by atoms with van der Waals surface area (Å²) in [5, 5.41) is 9.68. The second kappa shape index (κ2) is 7.22. The number of nitrogens with zero attached hydrogens (tertiary/aromatic N) is 2. The maximum atomic E-state index is 13.3. The highest BCUT2D eigenvalue weighted by Gasteiger charge is 2.24. The number of nitriles is 1. The first-order chi connectivity index (χ1) is 11.4. The molecule has 0 fully saturated rings. The maximum absolute atomic E-state index is 13.3. The van der Waals surface area contributed by atoms with Crippen molar-refractivity contribution < 1.29 is 13.9 Å². The van der Waals surface area contributed by atoms with Crippen LogP contribution in [0.2, 0.25) is 0 Å². The zero-order valence-electron chi connectivity index (χ0n) is 14.2. The molecule has 0 aliphatic rings. The topological polar surface area (TPSA) is 63.0 Å². The molecule has 124 valence electrons. The van der Waals surface area contributed by atoms with Crippen LogP contribution in [-0.4, -0.2) is 18.1 Å². The van der Waals surface area contributed by atoms with Crippen molar-refractivity contribution >= 4 is 5.97 Å². The van der Waals surface area contributed by atoms with E-state index in [0.717, 1.165) is 0 Å². The number of rotatable bonds is 4. The molecule has 1 heterocycles. The predicted octanol–water partition coefficient (Wildman–Crippen LogP) is 4.05. The van der Waals surface area contributed by atoms with Gasteiger partial charge in [0.15, 0.2) is 0 Å². The number of hydrogen-bond donors (Lipinski definition) is 0. The molecule has 0 atom stereocenters. The molecule has 0 spiro atoms. The van der Waals surface area contributed by atoms with Gasteiger partial charge in [-0.05, 0) is 37.0 Å². The molecule has 5 heteroatoms. The fourth-order valence-corrected chi connectivity index (χ4v) is 2.68. The first kappa shape index (κ1) is 17.6. The largest absolute Gasteiger partial charge is 0.465 e. The summed E-state index contributed by atoms with van der Waals surface area (Å²) >= 11 is 0. The predicted molar refractivity (Wildman–Crippen MR) is 89.0 cm³/mol. The summed E-state index contributed by atoms with van der Waals surface area (Å²) in [5.41, 5.74) is 2.75. The van der Waals surface area contributed by atoms with Crippen LogP contribution in [0.15, 0.2) is 24.3 Å². The minimum Gasteiger partial charge on any atom is -0.465 e. The monoisotopic (exact) mass is 326 g/mol. The second-order valence-corrected chi connectivity index (χ2v) is 5.98. The zero-order valence-corrected chi connectivity index (χ0v) is 14.2. The zero-order chi connectivity index (χ0) is 17.9. The Balaban J connectivity index is 2.84. The maximum Gasteiger partial charge on any atom is 0.340 e. The molecule has 0 radical (unpaired) electrons. The SMILES string of the molecule is COC(=O)c1c(C)nc(CC(C)C)c(C#N)c1-c1ccc(F)cc1. The summed E-state index contributed by atoms with van der Waals surface area (Å²) in [4.78, 5) is 16.7. The lowest BCUT2D eigenvalue weighted by molar-refractivity contribution is 0.0600. The Bertz CT molecular complexity index is 806. The molecular formula is C19H19FN2O2. The standard InChI is InChI=1S/C19H19FN2O2/c1-11(2)9-16-15(10-21)18(13-5-7-14(20)8-6-13)17(12(3)22-16)19(23)24-4/h5-8,11H,9H2,1-4H3. The highest BCUT2D eigenvalue weighted by Crippen LogP contribution is 2.32. The molecule has 0 aliphatic carbocycles. The van der Waals surface area contributed by atoms with E-state index in [-0.39, 0.29) is 11.4 Å². The van der Waals surface area contributed by atoms with E-state index in [1.807, 2.05) is 13.8 Å². The summed E-state index contributed by atoms with van der Waals surface area (Å²) < 4.78 is 18.1. The molecule has 2 rings (SSSR count). The lowest BCUT2D eigenvalue weighted by atomic mass is 9.90. The molecule has 0 unspecified atom stereocenters. The van der Waals surface area contributed by atoms with Gasteiger partial charge in [-0.25, -0.2) is 9.18 Å². The number of aromatic nitrogens is 1. The van der Waals surface area contributed by atoms with E-state index in [1.54, 1.807) is 19.1 Å². The Hall–Kier alpha value is -2.74. The Morgan fingerprint density at radius 1 is 1.33 bits per heavy atom. The Morgan fingerprint density at radius 3 is 2.46 bits per heavy atom. The number of aryl methyl sites for hydroxylation is 1. The van der Waals surface area contributed by atoms with Crippen LogP contribution in [0.5, 0.6) is 0 Å². The third-order valence-corrected chi connectivity index (χ3v) is 3.69. The summed E-state index contributed by atoms with van der Waals surface area (Å²) in [5.74, 6) is -0.647. The van der Waals surface area contributed by atoms with Gasteiger partial charge in [0.2, 0.25) is 0 Å². The number of ether oxygens (including phenoxy) is 1. The first-order valence-corrected chi connectivity index (χ1v) is 7.66. The van der Waals surface area contributed by atoms with Crippen molar-refractivity contribution in [1.29, 1.82) is 5.26 Å². The van der Waals surface area contributed by atoms with Gasteiger partial charge in [0.1, 0.15) is 11.9 Å². The summed E-state index contributed by atoms with van der Waals surface area (Å²) in [6.45, 7) is 5.78. The summed E-state index contributed by atoms with van der Waals surface area (Å²) in [6.07, 6.45) is 0.610. The molecule has 4 nitrogen and oxygen atoms in total. The van der Waals surface area contributed by atoms with Gasteiger partial charge in [-0.2, -0.15) is 5.26 Å². The molecule has 2 aromatic rings. The van der Waals surface area contributed by atoms with Crippen LogP contribution in [0.1, 0.15) is 41.2 Å². The average Bonchev–Trinajstić information content (AvgIpc) is 2.54. The van der Waals surface area contributed by atoms with Crippen LogP contribution in [-0.2, 0) is 11.2 Å². The summed E-state index contributed by atoms with van der Waals surface area (Å²) in [7, 11) is 1.28. The van der Waals surface area contributed by atoms with E-state index in [0.29, 0.717) is 40.4 Å². The quantitative estimate of drug-likeness (QED) is 0.795. The van der Waals surface area contributed by atoms with Gasteiger partial charge in [0, 0.05) is 5.56 Å². The minimum absolute atomic E-state index is 0.244. The Morgan fingerprint density at radius 2 is 1.96 bits per heavy atom.